The minimum atomic E-state index is -0.888. The molecule has 1 aromatic carbocycles. The summed E-state index contributed by atoms with van der Waals surface area (Å²) >= 11 is 2.89. The highest BCUT2D eigenvalue weighted by Crippen LogP contribution is 2.41. The predicted octanol–water partition coefficient (Wildman–Crippen LogP) is 4.33. The zero-order valence-corrected chi connectivity index (χ0v) is 15.2. The fourth-order valence-corrected chi connectivity index (χ4v) is 3.03. The van der Waals surface area contributed by atoms with Gasteiger partial charge in [-0.3, -0.25) is 20.7 Å². The number of fused-ring (bicyclic) bond motifs is 1. The fraction of sp³-hybridized carbons (Fsp3) is 0.235. The van der Waals surface area contributed by atoms with Crippen molar-refractivity contribution < 1.29 is 8.78 Å². The van der Waals surface area contributed by atoms with E-state index in [2.05, 4.69) is 26.2 Å². The maximum atomic E-state index is 14.7. The zero-order valence-electron chi connectivity index (χ0n) is 13.6. The van der Waals surface area contributed by atoms with Gasteiger partial charge in [0.05, 0.1) is 15.7 Å². The lowest BCUT2D eigenvalue weighted by atomic mass is 9.96. The van der Waals surface area contributed by atoms with Crippen LogP contribution in [0.5, 0.6) is 0 Å². The third kappa shape index (κ3) is 3.02. The Hall–Kier alpha value is -2.35. The molecule has 0 amide bonds. The number of anilines is 2. The lowest BCUT2D eigenvalue weighted by molar-refractivity contribution is 0.570. The molecular weight excluding hydrogens is 392 g/mol. The van der Waals surface area contributed by atoms with Crippen LogP contribution in [0.4, 0.5) is 20.2 Å². The zero-order chi connectivity index (χ0) is 18.4. The highest BCUT2D eigenvalue weighted by atomic mass is 79.9. The van der Waals surface area contributed by atoms with Crippen molar-refractivity contribution in [2.45, 2.75) is 25.8 Å². The van der Waals surface area contributed by atoms with E-state index in [1.165, 1.54) is 11.0 Å². The third-order valence-electron chi connectivity index (χ3n) is 3.99. The van der Waals surface area contributed by atoms with Crippen molar-refractivity contribution in [1.82, 2.24) is 4.98 Å². The molecule has 1 aliphatic heterocycles. The van der Waals surface area contributed by atoms with Gasteiger partial charge in [-0.15, -0.1) is 0 Å². The van der Waals surface area contributed by atoms with Crippen molar-refractivity contribution in [3.8, 4) is 0 Å². The Balaban J connectivity index is 2.10. The van der Waals surface area contributed by atoms with Gasteiger partial charge in [0.15, 0.2) is 5.82 Å². The average molecular weight is 408 g/mol. The van der Waals surface area contributed by atoms with Crippen molar-refractivity contribution in [3.05, 3.63) is 52.3 Å². The summed E-state index contributed by atoms with van der Waals surface area (Å²) in [6.07, 6.45) is 3.40. The number of benzene rings is 1. The molecule has 8 heteroatoms. The second kappa shape index (κ2) is 6.18. The number of nitrogens with zero attached hydrogens (tertiary/aromatic N) is 2. The molecule has 5 nitrogen and oxygen atoms in total. The highest BCUT2D eigenvalue weighted by Gasteiger charge is 2.40. The van der Waals surface area contributed by atoms with E-state index in [4.69, 9.17) is 10.8 Å². The van der Waals surface area contributed by atoms with Crippen LogP contribution in [0.3, 0.4) is 0 Å². The second-order valence-corrected chi connectivity index (χ2v) is 7.09. The van der Waals surface area contributed by atoms with E-state index in [0.29, 0.717) is 0 Å². The van der Waals surface area contributed by atoms with E-state index in [0.717, 1.165) is 5.56 Å². The highest BCUT2D eigenvalue weighted by molar-refractivity contribution is 9.10. The van der Waals surface area contributed by atoms with E-state index in [1.54, 1.807) is 38.4 Å². The summed E-state index contributed by atoms with van der Waals surface area (Å²) in [5.41, 5.74) is 0.0439. The number of hydrogen-bond donors (Lipinski definition) is 3. The largest absolute Gasteiger partial charge is 0.371 e. The maximum Gasteiger partial charge on any atom is 0.166 e. The number of nitrogens with one attached hydrogen (secondary N) is 3. The van der Waals surface area contributed by atoms with E-state index in [-0.39, 0.29) is 33.9 Å². The van der Waals surface area contributed by atoms with Gasteiger partial charge in [0, 0.05) is 24.9 Å². The molecule has 0 saturated heterocycles. The Kier molecular flexibility index (Phi) is 4.32. The van der Waals surface area contributed by atoms with Gasteiger partial charge >= 0.3 is 0 Å². The lowest BCUT2D eigenvalue weighted by Crippen LogP contribution is -2.56. The number of amidine groups is 2. The molecule has 0 radical (unpaired) electrons. The SMILES string of the molecule is CC1(C)Nc2cc(F)c(Br)c(F)c2N(C(=N)Cc2cccnc2)C1=N. The van der Waals surface area contributed by atoms with E-state index in [9.17, 15) is 8.78 Å². The number of rotatable bonds is 2. The number of pyridine rings is 1. The van der Waals surface area contributed by atoms with Gasteiger partial charge in [-0.05, 0) is 41.4 Å². The minimum absolute atomic E-state index is 0.00577. The molecule has 3 N–H and O–H groups in total. The Morgan fingerprint density at radius 1 is 1.40 bits per heavy atom. The van der Waals surface area contributed by atoms with Gasteiger partial charge < -0.3 is 5.32 Å². The molecule has 0 saturated carbocycles. The molecule has 2 aromatic rings. The topological polar surface area (TPSA) is 75.9 Å². The number of hydrogen-bond acceptors (Lipinski definition) is 4. The van der Waals surface area contributed by atoms with Crippen molar-refractivity contribution >= 4 is 39.0 Å². The summed E-state index contributed by atoms with van der Waals surface area (Å²) in [4.78, 5) is 5.23. The van der Waals surface area contributed by atoms with Gasteiger partial charge in [0.2, 0.25) is 0 Å². The number of aromatic nitrogens is 1. The monoisotopic (exact) mass is 407 g/mol. The summed E-state index contributed by atoms with van der Waals surface area (Å²) in [5, 5.41) is 19.8. The van der Waals surface area contributed by atoms with Crippen LogP contribution >= 0.6 is 15.9 Å². The summed E-state index contributed by atoms with van der Waals surface area (Å²) in [7, 11) is 0. The third-order valence-corrected chi connectivity index (χ3v) is 4.71. The molecular formula is C17H16BrF2N5. The van der Waals surface area contributed by atoms with Gasteiger partial charge in [0.25, 0.3) is 0 Å². The van der Waals surface area contributed by atoms with E-state index < -0.39 is 17.2 Å². The molecule has 0 atom stereocenters. The van der Waals surface area contributed by atoms with Crippen LogP contribution in [0.15, 0.2) is 35.1 Å². The Morgan fingerprint density at radius 2 is 2.12 bits per heavy atom. The Labute approximate surface area is 152 Å². The van der Waals surface area contributed by atoms with Crippen LogP contribution in [-0.2, 0) is 6.42 Å². The van der Waals surface area contributed by atoms with Crippen LogP contribution in [0.1, 0.15) is 19.4 Å². The Bertz CT molecular complexity index is 867. The predicted molar refractivity (Wildman–Crippen MR) is 97.6 cm³/mol. The molecule has 1 aliphatic rings. The van der Waals surface area contributed by atoms with E-state index >= 15 is 0 Å². The van der Waals surface area contributed by atoms with Crippen LogP contribution < -0.4 is 10.2 Å². The molecule has 0 aliphatic carbocycles. The van der Waals surface area contributed by atoms with Crippen LogP contribution in [0, 0.1) is 22.5 Å². The van der Waals surface area contributed by atoms with Crippen molar-refractivity contribution in [2.24, 2.45) is 0 Å². The van der Waals surface area contributed by atoms with Gasteiger partial charge in [-0.25, -0.2) is 8.78 Å². The molecule has 3 rings (SSSR count). The van der Waals surface area contributed by atoms with Crippen molar-refractivity contribution in [1.29, 1.82) is 10.8 Å². The van der Waals surface area contributed by atoms with Gasteiger partial charge in [-0.2, -0.15) is 0 Å². The van der Waals surface area contributed by atoms with E-state index in [1.807, 2.05) is 0 Å². The summed E-state index contributed by atoms with van der Waals surface area (Å²) in [6, 6.07) is 4.72. The average Bonchev–Trinajstić information content (AvgIpc) is 2.55. The number of halogens is 3. The summed E-state index contributed by atoms with van der Waals surface area (Å²) < 4.78 is 28.4. The second-order valence-electron chi connectivity index (χ2n) is 6.30. The van der Waals surface area contributed by atoms with Crippen molar-refractivity contribution in [3.63, 3.8) is 0 Å². The lowest BCUT2D eigenvalue weighted by Gasteiger charge is -2.42. The van der Waals surface area contributed by atoms with Crippen LogP contribution in [0.2, 0.25) is 0 Å². The van der Waals surface area contributed by atoms with Crippen LogP contribution in [-0.4, -0.2) is 22.2 Å². The first-order valence-corrected chi connectivity index (χ1v) is 8.33. The molecule has 0 fully saturated rings. The normalized spacial score (nSPS) is 15.6. The smallest absolute Gasteiger partial charge is 0.166 e. The quantitative estimate of drug-likeness (QED) is 0.393. The maximum absolute atomic E-state index is 14.7. The first-order chi connectivity index (χ1) is 11.7. The summed E-state index contributed by atoms with van der Waals surface area (Å²) in [6.45, 7) is 3.45. The minimum Gasteiger partial charge on any atom is -0.371 e. The van der Waals surface area contributed by atoms with Crippen molar-refractivity contribution in [2.75, 3.05) is 10.2 Å². The molecule has 0 bridgehead atoms. The molecule has 2 heterocycles. The van der Waals surface area contributed by atoms with Gasteiger partial charge in [0.1, 0.15) is 23.2 Å². The fourth-order valence-electron chi connectivity index (χ4n) is 2.73. The van der Waals surface area contributed by atoms with Crippen LogP contribution in [0.25, 0.3) is 0 Å². The molecule has 1 aromatic heterocycles. The Morgan fingerprint density at radius 3 is 2.76 bits per heavy atom. The van der Waals surface area contributed by atoms with Gasteiger partial charge in [-0.1, -0.05) is 6.07 Å². The molecule has 130 valence electrons. The standard InChI is InChI=1S/C17H16BrF2N5/c1-17(2)16(22)25(12(21)6-9-4-3-5-23-8-9)15-11(24-17)7-10(19)13(18)14(15)20/h3-5,7-8,21-22,24H,6H2,1-2H3. The molecule has 25 heavy (non-hydrogen) atoms. The summed E-state index contributed by atoms with van der Waals surface area (Å²) in [5.74, 6) is -1.58. The molecule has 0 unspecified atom stereocenters. The molecule has 0 spiro atoms. The first kappa shape index (κ1) is 17.5. The first-order valence-electron chi connectivity index (χ1n) is 7.53.